The smallest absolute Gasteiger partial charge is 0.217 e. The standard InChI is InChI=1S/C29H30N2O3/c1-29(19-32-2)20-33-28(34-21-29)27-30-25(23-14-8-4-9-15-23)26(24-16-10-5-11-17-24)31(27)18-22-12-6-3-7-13-22/h3-17,28H,18-21H2,1-2H3. The number of rotatable bonds is 7. The first-order valence-corrected chi connectivity index (χ1v) is 11.6. The van der Waals surface area contributed by atoms with Gasteiger partial charge in [0.1, 0.15) is 0 Å². The van der Waals surface area contributed by atoms with E-state index in [-0.39, 0.29) is 5.41 Å². The van der Waals surface area contributed by atoms with Gasteiger partial charge >= 0.3 is 0 Å². The van der Waals surface area contributed by atoms with Crippen molar-refractivity contribution in [2.45, 2.75) is 19.8 Å². The summed E-state index contributed by atoms with van der Waals surface area (Å²) in [6.45, 7) is 4.46. The van der Waals surface area contributed by atoms with E-state index in [9.17, 15) is 0 Å². The molecule has 34 heavy (non-hydrogen) atoms. The zero-order chi connectivity index (χ0) is 23.4. The molecule has 0 saturated carbocycles. The minimum Gasteiger partial charge on any atom is -0.384 e. The number of benzene rings is 3. The highest BCUT2D eigenvalue weighted by Gasteiger charge is 2.36. The molecule has 0 bridgehead atoms. The Morgan fingerprint density at radius 2 is 1.41 bits per heavy atom. The van der Waals surface area contributed by atoms with E-state index >= 15 is 0 Å². The van der Waals surface area contributed by atoms with Crippen LogP contribution in [0.1, 0.15) is 24.6 Å². The lowest BCUT2D eigenvalue weighted by atomic mass is 9.93. The molecular weight excluding hydrogens is 424 g/mol. The maximum absolute atomic E-state index is 6.27. The highest BCUT2D eigenvalue weighted by Crippen LogP contribution is 2.38. The number of aromatic nitrogens is 2. The molecule has 3 aromatic carbocycles. The van der Waals surface area contributed by atoms with Crippen LogP contribution < -0.4 is 0 Å². The number of nitrogens with zero attached hydrogens (tertiary/aromatic N) is 2. The van der Waals surface area contributed by atoms with Crippen LogP contribution >= 0.6 is 0 Å². The Balaban J connectivity index is 1.64. The quantitative estimate of drug-likeness (QED) is 0.345. The number of hydrogen-bond acceptors (Lipinski definition) is 4. The van der Waals surface area contributed by atoms with Crippen LogP contribution in [0.25, 0.3) is 22.5 Å². The molecule has 5 nitrogen and oxygen atoms in total. The van der Waals surface area contributed by atoms with Crippen LogP contribution in [0, 0.1) is 5.41 Å². The highest BCUT2D eigenvalue weighted by molar-refractivity contribution is 5.79. The number of imidazole rings is 1. The Labute approximate surface area is 200 Å². The van der Waals surface area contributed by atoms with E-state index in [0.29, 0.717) is 26.4 Å². The average molecular weight is 455 g/mol. The third kappa shape index (κ3) is 4.68. The predicted molar refractivity (Wildman–Crippen MR) is 133 cm³/mol. The second-order valence-electron chi connectivity index (χ2n) is 9.17. The van der Waals surface area contributed by atoms with E-state index in [0.717, 1.165) is 28.3 Å². The second kappa shape index (κ2) is 9.94. The summed E-state index contributed by atoms with van der Waals surface area (Å²) in [5.74, 6) is 0.779. The number of methoxy groups -OCH3 is 1. The maximum atomic E-state index is 6.27. The molecular formula is C29H30N2O3. The molecule has 0 unspecified atom stereocenters. The summed E-state index contributed by atoms with van der Waals surface area (Å²) in [5, 5.41) is 0. The van der Waals surface area contributed by atoms with Crippen molar-refractivity contribution in [1.82, 2.24) is 9.55 Å². The van der Waals surface area contributed by atoms with Gasteiger partial charge in [-0.15, -0.1) is 0 Å². The molecule has 5 heteroatoms. The molecule has 1 fully saturated rings. The maximum Gasteiger partial charge on any atom is 0.217 e. The molecule has 1 saturated heterocycles. The summed E-state index contributed by atoms with van der Waals surface area (Å²) in [4.78, 5) is 5.15. The lowest BCUT2D eigenvalue weighted by Crippen LogP contribution is -2.40. The monoisotopic (exact) mass is 454 g/mol. The highest BCUT2D eigenvalue weighted by atomic mass is 16.7. The Bertz CT molecular complexity index is 1200. The van der Waals surface area contributed by atoms with Crippen LogP contribution in [0.5, 0.6) is 0 Å². The summed E-state index contributed by atoms with van der Waals surface area (Å²) in [5.41, 5.74) is 5.17. The normalized spacial score (nSPS) is 20.4. The molecule has 0 atom stereocenters. The molecule has 5 rings (SSSR count). The van der Waals surface area contributed by atoms with Crippen molar-refractivity contribution in [3.8, 4) is 22.5 Å². The third-order valence-electron chi connectivity index (χ3n) is 6.15. The minimum atomic E-state index is -0.548. The molecule has 0 spiro atoms. The van der Waals surface area contributed by atoms with Gasteiger partial charge < -0.3 is 18.8 Å². The Hall–Kier alpha value is -3.25. The van der Waals surface area contributed by atoms with Crippen molar-refractivity contribution in [2.24, 2.45) is 5.41 Å². The van der Waals surface area contributed by atoms with E-state index in [1.807, 2.05) is 30.3 Å². The fourth-order valence-corrected chi connectivity index (χ4v) is 4.49. The van der Waals surface area contributed by atoms with Gasteiger partial charge in [-0.2, -0.15) is 0 Å². The van der Waals surface area contributed by atoms with Crippen molar-refractivity contribution in [2.75, 3.05) is 26.9 Å². The molecule has 4 aromatic rings. The van der Waals surface area contributed by atoms with Crippen LogP contribution in [-0.2, 0) is 20.8 Å². The molecule has 2 heterocycles. The van der Waals surface area contributed by atoms with Gasteiger partial charge in [-0.25, -0.2) is 4.98 Å². The van der Waals surface area contributed by atoms with Crippen LogP contribution in [0.15, 0.2) is 91.0 Å². The summed E-state index contributed by atoms with van der Waals surface area (Å²) in [6.07, 6.45) is -0.548. The molecule has 0 N–H and O–H groups in total. The second-order valence-corrected chi connectivity index (χ2v) is 9.17. The van der Waals surface area contributed by atoms with Gasteiger partial charge in [-0.05, 0) is 5.56 Å². The van der Waals surface area contributed by atoms with E-state index < -0.39 is 6.29 Å². The molecule has 0 aliphatic carbocycles. The van der Waals surface area contributed by atoms with E-state index in [2.05, 4.69) is 72.2 Å². The van der Waals surface area contributed by atoms with Crippen molar-refractivity contribution < 1.29 is 14.2 Å². The summed E-state index contributed by atoms with van der Waals surface area (Å²) < 4.78 is 20.2. The average Bonchev–Trinajstić information content (AvgIpc) is 3.25. The minimum absolute atomic E-state index is 0.174. The van der Waals surface area contributed by atoms with Gasteiger partial charge in [0, 0.05) is 30.2 Å². The lowest BCUT2D eigenvalue weighted by molar-refractivity contribution is -0.242. The Kier molecular flexibility index (Phi) is 6.59. The zero-order valence-corrected chi connectivity index (χ0v) is 19.7. The molecule has 0 amide bonds. The van der Waals surface area contributed by atoms with Crippen molar-refractivity contribution in [3.05, 3.63) is 102 Å². The fraction of sp³-hybridized carbons (Fsp3) is 0.276. The molecule has 174 valence electrons. The molecule has 0 radical (unpaired) electrons. The third-order valence-corrected chi connectivity index (χ3v) is 6.15. The summed E-state index contributed by atoms with van der Waals surface area (Å²) in [6, 6.07) is 31.2. The van der Waals surface area contributed by atoms with E-state index in [1.165, 1.54) is 5.56 Å². The van der Waals surface area contributed by atoms with Crippen LogP contribution in [0.2, 0.25) is 0 Å². The summed E-state index contributed by atoms with van der Waals surface area (Å²) in [7, 11) is 1.71. The number of hydrogen-bond donors (Lipinski definition) is 0. The van der Waals surface area contributed by atoms with Crippen LogP contribution in [0.4, 0.5) is 0 Å². The van der Waals surface area contributed by atoms with Gasteiger partial charge in [0.15, 0.2) is 5.82 Å². The lowest BCUT2D eigenvalue weighted by Gasteiger charge is -2.36. The van der Waals surface area contributed by atoms with Gasteiger partial charge in [-0.1, -0.05) is 97.9 Å². The molecule has 1 aliphatic heterocycles. The Morgan fingerprint density at radius 1 is 0.853 bits per heavy atom. The van der Waals surface area contributed by atoms with E-state index in [4.69, 9.17) is 19.2 Å². The zero-order valence-electron chi connectivity index (χ0n) is 19.7. The largest absolute Gasteiger partial charge is 0.384 e. The SMILES string of the molecule is COCC1(C)COC(c2nc(-c3ccccc3)c(-c3ccccc3)n2Cc2ccccc2)OC1. The first-order chi connectivity index (χ1) is 16.7. The van der Waals surface area contributed by atoms with Gasteiger partial charge in [0.25, 0.3) is 0 Å². The van der Waals surface area contributed by atoms with Gasteiger partial charge in [0.05, 0.1) is 31.2 Å². The van der Waals surface area contributed by atoms with Gasteiger partial charge in [0.2, 0.25) is 6.29 Å². The topological polar surface area (TPSA) is 45.5 Å². The van der Waals surface area contributed by atoms with Crippen molar-refractivity contribution in [3.63, 3.8) is 0 Å². The molecule has 1 aromatic heterocycles. The first kappa shape index (κ1) is 22.5. The predicted octanol–water partition coefficient (Wildman–Crippen LogP) is 5.96. The summed E-state index contributed by atoms with van der Waals surface area (Å²) >= 11 is 0. The van der Waals surface area contributed by atoms with Crippen molar-refractivity contribution in [1.29, 1.82) is 0 Å². The van der Waals surface area contributed by atoms with Crippen molar-refractivity contribution >= 4 is 0 Å². The first-order valence-electron chi connectivity index (χ1n) is 11.6. The van der Waals surface area contributed by atoms with E-state index in [1.54, 1.807) is 7.11 Å². The van der Waals surface area contributed by atoms with Crippen LogP contribution in [-0.4, -0.2) is 36.5 Å². The molecule has 1 aliphatic rings. The van der Waals surface area contributed by atoms with Gasteiger partial charge in [-0.3, -0.25) is 0 Å². The van der Waals surface area contributed by atoms with Crippen LogP contribution in [0.3, 0.4) is 0 Å². The Morgan fingerprint density at radius 3 is 2.00 bits per heavy atom. The number of ether oxygens (including phenoxy) is 3. The fourth-order valence-electron chi connectivity index (χ4n) is 4.49.